The summed E-state index contributed by atoms with van der Waals surface area (Å²) in [6.45, 7) is 2.63. The number of methoxy groups -OCH3 is 2. The lowest BCUT2D eigenvalue weighted by atomic mass is 10.0. The Morgan fingerprint density at radius 2 is 2.06 bits per heavy atom. The molecular weight excluding hydrogens is 282 g/mol. The average molecular weight is 300 g/mol. The van der Waals surface area contributed by atoms with Gasteiger partial charge in [-0.3, -0.25) is 0 Å². The molecule has 0 saturated heterocycles. The Bertz CT molecular complexity index is 416. The van der Waals surface area contributed by atoms with Gasteiger partial charge in [-0.05, 0) is 39.5 Å². The van der Waals surface area contributed by atoms with Crippen LogP contribution < -0.4 is 15.2 Å². The average Bonchev–Trinajstić information content (AvgIpc) is 2.35. The predicted octanol–water partition coefficient (Wildman–Crippen LogP) is 3.00. The summed E-state index contributed by atoms with van der Waals surface area (Å²) in [6, 6.07) is 1.97. The fraction of sp³-hybridized carbons (Fsp3) is 0.385. The second kappa shape index (κ2) is 6.67. The van der Waals surface area contributed by atoms with Crippen molar-refractivity contribution < 1.29 is 9.47 Å². The molecule has 0 aromatic heterocycles. The molecule has 3 nitrogen and oxygen atoms in total. The van der Waals surface area contributed by atoms with Crippen LogP contribution in [0.3, 0.4) is 0 Å². The number of hydrogen-bond donors (Lipinski definition) is 1. The molecule has 0 spiro atoms. The molecule has 0 aliphatic rings. The van der Waals surface area contributed by atoms with Gasteiger partial charge in [-0.1, -0.05) is 19.1 Å². The smallest absolute Gasteiger partial charge is 0.175 e. The van der Waals surface area contributed by atoms with Crippen molar-refractivity contribution >= 4 is 22.0 Å². The van der Waals surface area contributed by atoms with Gasteiger partial charge in [0.25, 0.3) is 0 Å². The molecule has 94 valence electrons. The minimum absolute atomic E-state index is 0.523. The standard InChI is InChI=1S/C13H18BrNO2/c1-4-10-9(6-5-7-15)8-11(16-2)13(17-3)12(10)14/h5-6,8H,4,7,15H2,1-3H3/b6-5+. The van der Waals surface area contributed by atoms with Crippen LogP contribution in [0.25, 0.3) is 6.08 Å². The molecule has 0 bridgehead atoms. The topological polar surface area (TPSA) is 44.5 Å². The molecule has 0 atom stereocenters. The van der Waals surface area contributed by atoms with E-state index in [1.807, 2.05) is 18.2 Å². The quantitative estimate of drug-likeness (QED) is 0.909. The van der Waals surface area contributed by atoms with Crippen molar-refractivity contribution in [1.29, 1.82) is 0 Å². The monoisotopic (exact) mass is 299 g/mol. The summed E-state index contributed by atoms with van der Waals surface area (Å²) in [6.07, 6.45) is 4.84. The third-order valence-corrected chi connectivity index (χ3v) is 3.37. The number of ether oxygens (including phenoxy) is 2. The molecule has 0 unspecified atom stereocenters. The van der Waals surface area contributed by atoms with Crippen LogP contribution in [0, 0.1) is 0 Å². The van der Waals surface area contributed by atoms with Crippen molar-refractivity contribution in [2.24, 2.45) is 5.73 Å². The highest BCUT2D eigenvalue weighted by atomic mass is 79.9. The number of benzene rings is 1. The van der Waals surface area contributed by atoms with Crippen molar-refractivity contribution in [3.05, 3.63) is 27.7 Å². The maximum atomic E-state index is 5.48. The van der Waals surface area contributed by atoms with E-state index in [0.717, 1.165) is 22.2 Å². The van der Waals surface area contributed by atoms with E-state index in [-0.39, 0.29) is 0 Å². The van der Waals surface area contributed by atoms with Gasteiger partial charge >= 0.3 is 0 Å². The number of hydrogen-bond acceptors (Lipinski definition) is 3. The minimum atomic E-state index is 0.523. The maximum absolute atomic E-state index is 5.48. The first-order valence-electron chi connectivity index (χ1n) is 5.49. The molecule has 0 amide bonds. The Balaban J connectivity index is 3.39. The highest BCUT2D eigenvalue weighted by Gasteiger charge is 2.15. The SMILES string of the molecule is CCc1c(/C=C/CN)cc(OC)c(OC)c1Br. The van der Waals surface area contributed by atoms with Crippen LogP contribution in [0.1, 0.15) is 18.1 Å². The van der Waals surface area contributed by atoms with Crippen LogP contribution in [-0.2, 0) is 6.42 Å². The van der Waals surface area contributed by atoms with Crippen LogP contribution in [-0.4, -0.2) is 20.8 Å². The zero-order valence-electron chi connectivity index (χ0n) is 10.4. The molecule has 1 rings (SSSR count). The molecule has 0 aliphatic heterocycles. The lowest BCUT2D eigenvalue weighted by Gasteiger charge is -2.15. The van der Waals surface area contributed by atoms with Crippen molar-refractivity contribution in [2.45, 2.75) is 13.3 Å². The minimum Gasteiger partial charge on any atom is -0.493 e. The fourth-order valence-corrected chi connectivity index (χ4v) is 2.58. The summed E-state index contributed by atoms with van der Waals surface area (Å²) >= 11 is 3.57. The summed E-state index contributed by atoms with van der Waals surface area (Å²) in [5.74, 6) is 1.45. The van der Waals surface area contributed by atoms with E-state index in [4.69, 9.17) is 15.2 Å². The number of rotatable bonds is 5. The van der Waals surface area contributed by atoms with Gasteiger partial charge in [0.15, 0.2) is 11.5 Å². The summed E-state index contributed by atoms with van der Waals surface area (Å²) in [5.41, 5.74) is 7.76. The normalized spacial score (nSPS) is 10.9. The van der Waals surface area contributed by atoms with Crippen LogP contribution in [0.5, 0.6) is 11.5 Å². The second-order valence-electron chi connectivity index (χ2n) is 3.49. The fourth-order valence-electron chi connectivity index (χ4n) is 1.71. The van der Waals surface area contributed by atoms with Crippen LogP contribution in [0.2, 0.25) is 0 Å². The first-order valence-corrected chi connectivity index (χ1v) is 6.28. The zero-order valence-corrected chi connectivity index (χ0v) is 12.0. The Morgan fingerprint density at radius 3 is 2.53 bits per heavy atom. The van der Waals surface area contributed by atoms with Crippen LogP contribution in [0.15, 0.2) is 16.6 Å². The Labute approximate surface area is 111 Å². The largest absolute Gasteiger partial charge is 0.493 e. The van der Waals surface area contributed by atoms with E-state index >= 15 is 0 Å². The molecule has 0 fully saturated rings. The third kappa shape index (κ3) is 3.01. The molecule has 4 heteroatoms. The third-order valence-electron chi connectivity index (χ3n) is 2.53. The van der Waals surface area contributed by atoms with Gasteiger partial charge in [-0.15, -0.1) is 0 Å². The first kappa shape index (κ1) is 14.1. The van der Waals surface area contributed by atoms with Crippen molar-refractivity contribution in [1.82, 2.24) is 0 Å². The van der Waals surface area contributed by atoms with Crippen molar-refractivity contribution in [3.63, 3.8) is 0 Å². The summed E-state index contributed by atoms with van der Waals surface area (Å²) in [5, 5.41) is 0. The van der Waals surface area contributed by atoms with Gasteiger partial charge in [0.2, 0.25) is 0 Å². The molecule has 0 aliphatic carbocycles. The Kier molecular flexibility index (Phi) is 5.51. The number of nitrogens with two attached hydrogens (primary N) is 1. The summed E-state index contributed by atoms with van der Waals surface area (Å²) in [7, 11) is 3.27. The van der Waals surface area contributed by atoms with E-state index in [9.17, 15) is 0 Å². The van der Waals surface area contributed by atoms with Gasteiger partial charge in [-0.2, -0.15) is 0 Å². The summed E-state index contributed by atoms with van der Waals surface area (Å²) in [4.78, 5) is 0. The van der Waals surface area contributed by atoms with Gasteiger partial charge in [0, 0.05) is 6.54 Å². The van der Waals surface area contributed by atoms with Gasteiger partial charge in [-0.25, -0.2) is 0 Å². The van der Waals surface area contributed by atoms with Crippen molar-refractivity contribution in [2.75, 3.05) is 20.8 Å². The summed E-state index contributed by atoms with van der Waals surface area (Å²) < 4.78 is 11.6. The van der Waals surface area contributed by atoms with Crippen molar-refractivity contribution in [3.8, 4) is 11.5 Å². The lowest BCUT2D eigenvalue weighted by Crippen LogP contribution is -1.98. The van der Waals surface area contributed by atoms with Crippen LogP contribution in [0.4, 0.5) is 0 Å². The molecule has 0 heterocycles. The number of halogens is 1. The van der Waals surface area contributed by atoms with Gasteiger partial charge in [0.1, 0.15) is 0 Å². The predicted molar refractivity (Wildman–Crippen MR) is 74.7 cm³/mol. The molecular formula is C13H18BrNO2. The second-order valence-corrected chi connectivity index (χ2v) is 4.28. The van der Waals surface area contributed by atoms with Crippen LogP contribution >= 0.6 is 15.9 Å². The Morgan fingerprint density at radius 1 is 1.35 bits per heavy atom. The van der Waals surface area contributed by atoms with E-state index in [1.165, 1.54) is 5.56 Å². The zero-order chi connectivity index (χ0) is 12.8. The highest BCUT2D eigenvalue weighted by Crippen LogP contribution is 2.40. The molecule has 1 aromatic carbocycles. The maximum Gasteiger partial charge on any atom is 0.175 e. The Hall–Kier alpha value is -1.00. The highest BCUT2D eigenvalue weighted by molar-refractivity contribution is 9.10. The van der Waals surface area contributed by atoms with E-state index in [2.05, 4.69) is 22.9 Å². The van der Waals surface area contributed by atoms with E-state index in [1.54, 1.807) is 14.2 Å². The molecule has 1 aromatic rings. The van der Waals surface area contributed by atoms with Gasteiger partial charge < -0.3 is 15.2 Å². The molecule has 0 radical (unpaired) electrons. The van der Waals surface area contributed by atoms with E-state index < -0.39 is 0 Å². The first-order chi connectivity index (χ1) is 8.19. The molecule has 2 N–H and O–H groups in total. The van der Waals surface area contributed by atoms with Gasteiger partial charge in [0.05, 0.1) is 18.7 Å². The lowest BCUT2D eigenvalue weighted by molar-refractivity contribution is 0.352. The molecule has 17 heavy (non-hydrogen) atoms. The van der Waals surface area contributed by atoms with E-state index in [0.29, 0.717) is 12.3 Å². The molecule has 0 saturated carbocycles.